The quantitative estimate of drug-likeness (QED) is 0.913. The largest absolute Gasteiger partial charge is 0.348 e. The van der Waals surface area contributed by atoms with Crippen LogP contribution in [0.15, 0.2) is 12.1 Å². The van der Waals surface area contributed by atoms with E-state index in [1.165, 1.54) is 37.8 Å². The lowest BCUT2D eigenvalue weighted by Gasteiger charge is -2.24. The topological polar surface area (TPSA) is 48.1 Å². The minimum absolute atomic E-state index is 0.0754. The van der Waals surface area contributed by atoms with E-state index in [2.05, 4.69) is 11.4 Å². The summed E-state index contributed by atoms with van der Waals surface area (Å²) in [4.78, 5) is 12.5. The zero-order chi connectivity index (χ0) is 14.7. The van der Waals surface area contributed by atoms with Gasteiger partial charge in [-0.3, -0.25) is 4.79 Å². The third kappa shape index (κ3) is 3.31. The van der Waals surface area contributed by atoms with Crippen molar-refractivity contribution in [1.29, 1.82) is 0 Å². The predicted octanol–water partition coefficient (Wildman–Crippen LogP) is 2.92. The van der Waals surface area contributed by atoms with E-state index >= 15 is 0 Å². The second-order valence-electron chi connectivity index (χ2n) is 6.43. The molecule has 1 saturated heterocycles. The average Bonchev–Trinajstić information content (AvgIpc) is 2.91. The summed E-state index contributed by atoms with van der Waals surface area (Å²) in [5, 5.41) is 7.90. The maximum Gasteiger partial charge on any atom is 0.268 e. The Labute approximate surface area is 127 Å². The van der Waals surface area contributed by atoms with Gasteiger partial charge >= 0.3 is 0 Å². The second-order valence-corrected chi connectivity index (χ2v) is 6.43. The number of aromatic nitrogens is 1. The highest BCUT2D eigenvalue weighted by Gasteiger charge is 2.23. The highest BCUT2D eigenvalue weighted by atomic mass is 16.2. The van der Waals surface area contributed by atoms with Crippen molar-refractivity contribution < 1.29 is 4.79 Å². The van der Waals surface area contributed by atoms with E-state index in [-0.39, 0.29) is 11.9 Å². The zero-order valence-corrected chi connectivity index (χ0v) is 13.0. The van der Waals surface area contributed by atoms with Crippen LogP contribution in [0.4, 0.5) is 0 Å². The SMILES string of the molecule is Cn1c(C(=O)NC2CCCCC2)ccc1C1CCCC[N]1. The molecule has 1 aromatic heterocycles. The Morgan fingerprint density at radius 3 is 2.62 bits per heavy atom. The van der Waals surface area contributed by atoms with Crippen molar-refractivity contribution in [2.45, 2.75) is 63.5 Å². The van der Waals surface area contributed by atoms with Crippen LogP contribution in [0.25, 0.3) is 0 Å². The van der Waals surface area contributed by atoms with E-state index in [1.54, 1.807) is 0 Å². The summed E-state index contributed by atoms with van der Waals surface area (Å²) in [6.07, 6.45) is 9.60. The van der Waals surface area contributed by atoms with Gasteiger partial charge in [-0.05, 0) is 37.8 Å². The smallest absolute Gasteiger partial charge is 0.268 e. The van der Waals surface area contributed by atoms with Crippen molar-refractivity contribution in [3.63, 3.8) is 0 Å². The molecule has 1 saturated carbocycles. The van der Waals surface area contributed by atoms with Crippen LogP contribution in [0.3, 0.4) is 0 Å². The van der Waals surface area contributed by atoms with Gasteiger partial charge in [0.25, 0.3) is 5.91 Å². The molecule has 1 atom stereocenters. The van der Waals surface area contributed by atoms with Gasteiger partial charge in [0.05, 0.1) is 6.04 Å². The van der Waals surface area contributed by atoms with E-state index in [4.69, 9.17) is 5.32 Å². The fraction of sp³-hybridized carbons (Fsp3) is 0.706. The van der Waals surface area contributed by atoms with Gasteiger partial charge in [-0.15, -0.1) is 0 Å². The molecule has 1 amide bonds. The first-order chi connectivity index (χ1) is 10.3. The van der Waals surface area contributed by atoms with Gasteiger partial charge < -0.3 is 9.88 Å². The van der Waals surface area contributed by atoms with Crippen molar-refractivity contribution in [2.24, 2.45) is 7.05 Å². The lowest BCUT2D eigenvalue weighted by molar-refractivity contribution is 0.0919. The molecular weight excluding hydrogens is 262 g/mol. The molecule has 115 valence electrons. The number of rotatable bonds is 3. The molecule has 2 fully saturated rings. The Bertz CT molecular complexity index is 482. The van der Waals surface area contributed by atoms with Gasteiger partial charge in [0, 0.05) is 25.3 Å². The maximum absolute atomic E-state index is 12.5. The Morgan fingerprint density at radius 2 is 1.90 bits per heavy atom. The number of hydrogen-bond acceptors (Lipinski definition) is 1. The van der Waals surface area contributed by atoms with Crippen molar-refractivity contribution in [3.8, 4) is 0 Å². The van der Waals surface area contributed by atoms with Crippen LogP contribution in [0, 0.1) is 0 Å². The molecule has 4 nitrogen and oxygen atoms in total. The summed E-state index contributed by atoms with van der Waals surface area (Å²) >= 11 is 0. The minimum atomic E-state index is 0.0754. The van der Waals surface area contributed by atoms with Gasteiger partial charge in [-0.2, -0.15) is 0 Å². The Morgan fingerprint density at radius 1 is 1.14 bits per heavy atom. The summed E-state index contributed by atoms with van der Waals surface area (Å²) in [6, 6.07) is 4.68. The summed E-state index contributed by atoms with van der Waals surface area (Å²) in [5.74, 6) is 0.0754. The third-order valence-corrected chi connectivity index (χ3v) is 4.91. The highest BCUT2D eigenvalue weighted by molar-refractivity contribution is 5.93. The van der Waals surface area contributed by atoms with Crippen LogP contribution in [-0.4, -0.2) is 23.1 Å². The van der Waals surface area contributed by atoms with Crippen LogP contribution < -0.4 is 10.6 Å². The first-order valence-corrected chi connectivity index (χ1v) is 8.39. The number of nitrogens with one attached hydrogen (secondary N) is 1. The maximum atomic E-state index is 12.5. The molecule has 1 aliphatic carbocycles. The first kappa shape index (κ1) is 14.6. The molecular formula is C17H26N3O. The minimum Gasteiger partial charge on any atom is -0.348 e. The standard InChI is InChI=1S/C17H26N3O/c1-20-15(14-9-5-6-12-18-14)10-11-16(20)17(21)19-13-7-3-2-4-8-13/h10-11,13-14H,2-9,12H2,1H3,(H,19,21). The van der Waals surface area contributed by atoms with Gasteiger partial charge in [-0.25, -0.2) is 5.32 Å². The molecule has 1 radical (unpaired) electrons. The molecule has 3 rings (SSSR count). The fourth-order valence-corrected chi connectivity index (χ4v) is 3.63. The normalized spacial score (nSPS) is 24.0. The summed E-state index contributed by atoms with van der Waals surface area (Å²) in [6.45, 7) is 0.958. The first-order valence-electron chi connectivity index (χ1n) is 8.39. The Balaban J connectivity index is 1.67. The van der Waals surface area contributed by atoms with Gasteiger partial charge in [0.1, 0.15) is 5.69 Å². The van der Waals surface area contributed by atoms with E-state index in [0.717, 1.165) is 31.5 Å². The lowest BCUT2D eigenvalue weighted by atomic mass is 9.95. The molecule has 4 heteroatoms. The number of piperidine rings is 1. The molecule has 0 aromatic carbocycles. The number of carbonyl (C=O) groups is 1. The molecule has 1 unspecified atom stereocenters. The summed E-state index contributed by atoms with van der Waals surface area (Å²) in [7, 11) is 2.00. The monoisotopic (exact) mass is 288 g/mol. The zero-order valence-electron chi connectivity index (χ0n) is 13.0. The number of amides is 1. The predicted molar refractivity (Wildman–Crippen MR) is 83.3 cm³/mol. The number of hydrogen-bond donors (Lipinski definition) is 1. The van der Waals surface area contributed by atoms with Crippen LogP contribution in [0.5, 0.6) is 0 Å². The molecule has 0 spiro atoms. The Kier molecular flexibility index (Phi) is 4.63. The molecule has 0 bridgehead atoms. The van der Waals surface area contributed by atoms with Crippen molar-refractivity contribution in [1.82, 2.24) is 15.2 Å². The van der Waals surface area contributed by atoms with Crippen LogP contribution in [0.2, 0.25) is 0 Å². The van der Waals surface area contributed by atoms with Gasteiger partial charge in [0.15, 0.2) is 0 Å². The third-order valence-electron chi connectivity index (χ3n) is 4.91. The molecule has 1 aromatic rings. The summed E-state index contributed by atoms with van der Waals surface area (Å²) in [5.41, 5.74) is 1.96. The van der Waals surface area contributed by atoms with Crippen molar-refractivity contribution in [2.75, 3.05) is 6.54 Å². The van der Waals surface area contributed by atoms with E-state index in [0.29, 0.717) is 6.04 Å². The van der Waals surface area contributed by atoms with E-state index in [1.807, 2.05) is 17.7 Å². The van der Waals surface area contributed by atoms with E-state index < -0.39 is 0 Å². The van der Waals surface area contributed by atoms with E-state index in [9.17, 15) is 4.79 Å². The molecule has 1 aliphatic heterocycles. The number of nitrogens with zero attached hydrogens (tertiary/aromatic N) is 2. The van der Waals surface area contributed by atoms with Gasteiger partial charge in [0.2, 0.25) is 0 Å². The van der Waals surface area contributed by atoms with Crippen LogP contribution in [-0.2, 0) is 7.05 Å². The average molecular weight is 288 g/mol. The lowest BCUT2D eigenvalue weighted by Crippen LogP contribution is -2.37. The van der Waals surface area contributed by atoms with Crippen molar-refractivity contribution >= 4 is 5.91 Å². The van der Waals surface area contributed by atoms with Crippen LogP contribution in [0.1, 0.15) is 73.6 Å². The fourth-order valence-electron chi connectivity index (χ4n) is 3.63. The van der Waals surface area contributed by atoms with Crippen LogP contribution >= 0.6 is 0 Å². The molecule has 21 heavy (non-hydrogen) atoms. The summed E-state index contributed by atoms with van der Waals surface area (Å²) < 4.78 is 2.04. The molecule has 2 heterocycles. The second kappa shape index (κ2) is 6.65. The molecule has 1 N–H and O–H groups in total. The molecule has 2 aliphatic rings. The highest BCUT2D eigenvalue weighted by Crippen LogP contribution is 2.26. The Hall–Kier alpha value is -1.29. The van der Waals surface area contributed by atoms with Gasteiger partial charge in [-0.1, -0.05) is 25.7 Å². The number of carbonyl (C=O) groups excluding carboxylic acids is 1. The van der Waals surface area contributed by atoms with Crippen molar-refractivity contribution in [3.05, 3.63) is 23.5 Å².